The smallest absolute Gasteiger partial charge is 0.223 e. The van der Waals surface area contributed by atoms with Gasteiger partial charge >= 0.3 is 0 Å². The molecule has 0 bridgehead atoms. The Morgan fingerprint density at radius 2 is 1.64 bits per heavy atom. The molecule has 0 N–H and O–H groups in total. The third-order valence-electron chi connectivity index (χ3n) is 6.19. The van der Waals surface area contributed by atoms with Crippen LogP contribution in [0.2, 0.25) is 0 Å². The van der Waals surface area contributed by atoms with E-state index in [1.807, 2.05) is 6.07 Å². The highest BCUT2D eigenvalue weighted by atomic mass is 16.2. The molecule has 138 valence electrons. The quantitative estimate of drug-likeness (QED) is 0.739. The van der Waals surface area contributed by atoms with Gasteiger partial charge in [0, 0.05) is 38.6 Å². The van der Waals surface area contributed by atoms with Gasteiger partial charge in [0.15, 0.2) is 0 Å². The Morgan fingerprint density at radius 3 is 2.24 bits per heavy atom. The summed E-state index contributed by atoms with van der Waals surface area (Å²) in [6.07, 6.45) is 10.00. The second kappa shape index (κ2) is 9.38. The number of amides is 1. The molecule has 3 heteroatoms. The molecule has 0 radical (unpaired) electrons. The summed E-state index contributed by atoms with van der Waals surface area (Å²) in [6.45, 7) is 6.16. The molecule has 1 aliphatic heterocycles. The predicted octanol–water partition coefficient (Wildman–Crippen LogP) is 4.44. The first-order valence-electron chi connectivity index (χ1n) is 10.3. The highest BCUT2D eigenvalue weighted by Gasteiger charge is 2.27. The van der Waals surface area contributed by atoms with Crippen molar-refractivity contribution in [1.82, 2.24) is 9.80 Å². The molecule has 1 saturated carbocycles. The third kappa shape index (κ3) is 5.07. The van der Waals surface area contributed by atoms with E-state index in [1.54, 1.807) is 0 Å². The first kappa shape index (κ1) is 18.4. The fourth-order valence-electron chi connectivity index (χ4n) is 4.52. The molecule has 1 amide bonds. The summed E-state index contributed by atoms with van der Waals surface area (Å²) in [4.78, 5) is 17.6. The van der Waals surface area contributed by atoms with E-state index in [4.69, 9.17) is 0 Å². The van der Waals surface area contributed by atoms with Crippen LogP contribution in [0.5, 0.6) is 0 Å². The molecular formula is C22H34N2O. The average molecular weight is 343 g/mol. The highest BCUT2D eigenvalue weighted by Crippen LogP contribution is 2.26. The molecule has 0 unspecified atom stereocenters. The lowest BCUT2D eigenvalue weighted by atomic mass is 9.92. The van der Waals surface area contributed by atoms with Crippen molar-refractivity contribution >= 4 is 5.91 Å². The summed E-state index contributed by atoms with van der Waals surface area (Å²) in [5.74, 6) is 0.699. The van der Waals surface area contributed by atoms with Crippen molar-refractivity contribution in [3.8, 4) is 0 Å². The van der Waals surface area contributed by atoms with Gasteiger partial charge < -0.3 is 4.90 Å². The number of hydrogen-bond donors (Lipinski definition) is 0. The molecule has 1 heterocycles. The Hall–Kier alpha value is -1.35. The first-order chi connectivity index (χ1) is 12.3. The van der Waals surface area contributed by atoms with Crippen LogP contribution in [-0.2, 0) is 4.79 Å². The summed E-state index contributed by atoms with van der Waals surface area (Å²) in [6, 6.07) is 11.3. The molecule has 2 aliphatic rings. The van der Waals surface area contributed by atoms with Crippen LogP contribution in [0.1, 0.15) is 69.8 Å². The Balaban J connectivity index is 1.49. The van der Waals surface area contributed by atoms with Crippen LogP contribution in [0.4, 0.5) is 0 Å². The average Bonchev–Trinajstić information content (AvgIpc) is 2.96. The van der Waals surface area contributed by atoms with Crippen LogP contribution in [0.15, 0.2) is 30.3 Å². The molecule has 0 aromatic heterocycles. The van der Waals surface area contributed by atoms with Crippen molar-refractivity contribution in [2.24, 2.45) is 0 Å². The highest BCUT2D eigenvalue weighted by molar-refractivity contribution is 5.77. The largest absolute Gasteiger partial charge is 0.340 e. The number of carbonyl (C=O) groups is 1. The lowest BCUT2D eigenvalue weighted by Gasteiger charge is -2.39. The lowest BCUT2D eigenvalue weighted by Crippen LogP contribution is -2.52. The van der Waals surface area contributed by atoms with Crippen LogP contribution in [0.25, 0.3) is 0 Å². The maximum Gasteiger partial charge on any atom is 0.223 e. The number of benzene rings is 1. The van der Waals surface area contributed by atoms with E-state index in [0.29, 0.717) is 18.2 Å². The molecular weight excluding hydrogens is 308 g/mol. The molecule has 1 aliphatic carbocycles. The van der Waals surface area contributed by atoms with E-state index in [-0.39, 0.29) is 0 Å². The minimum Gasteiger partial charge on any atom is -0.340 e. The molecule has 1 atom stereocenters. The van der Waals surface area contributed by atoms with Crippen LogP contribution < -0.4 is 0 Å². The van der Waals surface area contributed by atoms with Crippen LogP contribution in [-0.4, -0.2) is 47.9 Å². The Labute approximate surface area is 153 Å². The molecule has 3 rings (SSSR count). The van der Waals surface area contributed by atoms with Gasteiger partial charge in [-0.25, -0.2) is 0 Å². The minimum absolute atomic E-state index is 0.344. The fraction of sp³-hybridized carbons (Fsp3) is 0.682. The monoisotopic (exact) mass is 342 g/mol. The molecule has 3 nitrogen and oxygen atoms in total. The van der Waals surface area contributed by atoms with Gasteiger partial charge in [-0.3, -0.25) is 9.69 Å². The summed E-state index contributed by atoms with van der Waals surface area (Å²) in [7, 11) is 0. The number of rotatable bonds is 5. The normalized spacial score (nSPS) is 21.7. The van der Waals surface area contributed by atoms with Crippen molar-refractivity contribution in [3.05, 3.63) is 35.9 Å². The molecule has 0 spiro atoms. The summed E-state index contributed by atoms with van der Waals surface area (Å²) < 4.78 is 0. The van der Waals surface area contributed by atoms with Gasteiger partial charge in [-0.05, 0) is 30.7 Å². The zero-order chi connectivity index (χ0) is 17.5. The summed E-state index contributed by atoms with van der Waals surface area (Å²) in [5.41, 5.74) is 1.30. The van der Waals surface area contributed by atoms with E-state index in [1.165, 1.54) is 44.1 Å². The van der Waals surface area contributed by atoms with E-state index in [0.717, 1.165) is 38.6 Å². The fourth-order valence-corrected chi connectivity index (χ4v) is 4.52. The maximum absolute atomic E-state index is 12.8. The van der Waals surface area contributed by atoms with Gasteiger partial charge in [-0.1, -0.05) is 62.9 Å². The predicted molar refractivity (Wildman–Crippen MR) is 104 cm³/mol. The van der Waals surface area contributed by atoms with Crippen molar-refractivity contribution < 1.29 is 4.79 Å². The Kier molecular flexibility index (Phi) is 6.92. The molecule has 25 heavy (non-hydrogen) atoms. The Morgan fingerprint density at radius 1 is 1.00 bits per heavy atom. The number of piperazine rings is 1. The summed E-state index contributed by atoms with van der Waals surface area (Å²) >= 11 is 0. The molecule has 1 aromatic rings. The summed E-state index contributed by atoms with van der Waals surface area (Å²) in [5, 5.41) is 0. The van der Waals surface area contributed by atoms with E-state index < -0.39 is 0 Å². The third-order valence-corrected chi connectivity index (χ3v) is 6.19. The first-order valence-corrected chi connectivity index (χ1v) is 10.3. The molecule has 1 aromatic carbocycles. The minimum atomic E-state index is 0.344. The van der Waals surface area contributed by atoms with Gasteiger partial charge in [0.2, 0.25) is 5.91 Å². The van der Waals surface area contributed by atoms with Crippen molar-refractivity contribution in [2.75, 3.05) is 26.2 Å². The topological polar surface area (TPSA) is 23.6 Å². The van der Waals surface area contributed by atoms with Crippen molar-refractivity contribution in [1.29, 1.82) is 0 Å². The second-order valence-corrected chi connectivity index (χ2v) is 7.78. The van der Waals surface area contributed by atoms with Gasteiger partial charge in [-0.15, -0.1) is 0 Å². The molecule has 2 fully saturated rings. The zero-order valence-corrected chi connectivity index (χ0v) is 15.8. The van der Waals surface area contributed by atoms with E-state index in [9.17, 15) is 4.79 Å². The van der Waals surface area contributed by atoms with Crippen molar-refractivity contribution in [3.63, 3.8) is 0 Å². The van der Waals surface area contributed by atoms with E-state index >= 15 is 0 Å². The van der Waals surface area contributed by atoms with Gasteiger partial charge in [0.05, 0.1) is 0 Å². The van der Waals surface area contributed by atoms with Crippen LogP contribution in [0.3, 0.4) is 0 Å². The number of hydrogen-bond acceptors (Lipinski definition) is 2. The van der Waals surface area contributed by atoms with Gasteiger partial charge in [0.25, 0.3) is 0 Å². The van der Waals surface area contributed by atoms with Crippen molar-refractivity contribution in [2.45, 2.75) is 70.3 Å². The molecule has 1 saturated heterocycles. The SMILES string of the molecule is CC[C@@H](CC(=O)N1CCN(C2CCCCCC2)CC1)c1ccccc1. The lowest BCUT2D eigenvalue weighted by molar-refractivity contribution is -0.133. The van der Waals surface area contributed by atoms with Crippen LogP contribution in [0, 0.1) is 0 Å². The second-order valence-electron chi connectivity index (χ2n) is 7.78. The zero-order valence-electron chi connectivity index (χ0n) is 15.8. The van der Waals surface area contributed by atoms with Gasteiger partial charge in [0.1, 0.15) is 0 Å². The number of nitrogens with zero attached hydrogens (tertiary/aromatic N) is 2. The Bertz CT molecular complexity index is 514. The maximum atomic E-state index is 12.8. The standard InChI is InChI=1S/C22H34N2O/c1-2-19(20-10-6-5-7-11-20)18-22(25)24-16-14-23(15-17-24)21-12-8-3-4-9-13-21/h5-7,10-11,19,21H,2-4,8-9,12-18H2,1H3/t19-/m0/s1. The number of carbonyl (C=O) groups excluding carboxylic acids is 1. The van der Waals surface area contributed by atoms with Gasteiger partial charge in [-0.2, -0.15) is 0 Å². The van der Waals surface area contributed by atoms with Crippen LogP contribution >= 0.6 is 0 Å². The van der Waals surface area contributed by atoms with E-state index in [2.05, 4.69) is 41.0 Å².